The molecule has 10 nitrogen and oxygen atoms in total. The molecule has 1 aliphatic rings. The molecule has 10 heteroatoms. The number of carboxylic acids is 1. The number of aliphatic hydroxyl groups is 6. The highest BCUT2D eigenvalue weighted by molar-refractivity contribution is 5.92. The second-order valence-corrected chi connectivity index (χ2v) is 8.04. The van der Waals surface area contributed by atoms with Crippen LogP contribution in [0.1, 0.15) is 34.1 Å². The van der Waals surface area contributed by atoms with Crippen LogP contribution in [0.5, 0.6) is 0 Å². The van der Waals surface area contributed by atoms with Crippen molar-refractivity contribution in [1.29, 1.82) is 0 Å². The fourth-order valence-corrected chi connectivity index (χ4v) is 2.98. The van der Waals surface area contributed by atoms with E-state index in [1.165, 1.54) is 6.08 Å². The summed E-state index contributed by atoms with van der Waals surface area (Å²) in [5, 5.41) is 63.0. The summed E-state index contributed by atoms with van der Waals surface area (Å²) in [7, 11) is 0. The van der Waals surface area contributed by atoms with Crippen molar-refractivity contribution >= 4 is 18.0 Å². The van der Waals surface area contributed by atoms with Crippen molar-refractivity contribution < 1.29 is 50.1 Å². The Morgan fingerprint density at radius 3 is 2.16 bits per heavy atom. The van der Waals surface area contributed by atoms with Gasteiger partial charge >= 0.3 is 5.97 Å². The number of aldehydes is 1. The molecule has 0 heterocycles. The number of hydrogen-bond acceptors (Lipinski definition) is 9. The Labute approximate surface area is 180 Å². The largest absolute Gasteiger partial charge is 0.478 e. The van der Waals surface area contributed by atoms with Gasteiger partial charge in [0.15, 0.2) is 12.1 Å². The Bertz CT molecular complexity index is 736. The number of ketones is 1. The fourth-order valence-electron chi connectivity index (χ4n) is 2.98. The highest BCUT2D eigenvalue weighted by Crippen LogP contribution is 2.44. The van der Waals surface area contributed by atoms with E-state index in [0.717, 1.165) is 6.08 Å². The van der Waals surface area contributed by atoms with Crippen molar-refractivity contribution in [1.82, 2.24) is 0 Å². The number of aliphatic carboxylic acids is 1. The number of allylic oxidation sites excluding steroid dienone is 3. The lowest BCUT2D eigenvalue weighted by Crippen LogP contribution is -2.48. The third-order valence-electron chi connectivity index (χ3n) is 4.99. The molecule has 0 bridgehead atoms. The summed E-state index contributed by atoms with van der Waals surface area (Å²) in [5.74, 6) is -1.03. The summed E-state index contributed by atoms with van der Waals surface area (Å²) in [6.07, 6.45) is -0.921. The van der Waals surface area contributed by atoms with E-state index in [1.54, 1.807) is 26.0 Å². The Morgan fingerprint density at radius 2 is 1.74 bits per heavy atom. The van der Waals surface area contributed by atoms with E-state index >= 15 is 0 Å². The molecule has 0 aromatic rings. The van der Waals surface area contributed by atoms with Crippen molar-refractivity contribution in [2.75, 3.05) is 6.61 Å². The van der Waals surface area contributed by atoms with Gasteiger partial charge in [0.1, 0.15) is 30.0 Å². The lowest BCUT2D eigenvalue weighted by atomic mass is 9.64. The van der Waals surface area contributed by atoms with Crippen LogP contribution in [-0.4, -0.2) is 90.4 Å². The third kappa shape index (κ3) is 8.09. The van der Waals surface area contributed by atoms with E-state index in [-0.39, 0.29) is 18.5 Å². The SMILES string of the molecule is CC1=CC(=O)CC(C)(C)[C@@]1(O)/C=C/C(C)=C\C(=O)O.O=C[C@H](O)[C@@H](O)[C@H](O)[C@H](O)CO. The van der Waals surface area contributed by atoms with Crippen LogP contribution in [0.2, 0.25) is 0 Å². The maximum Gasteiger partial charge on any atom is 0.328 e. The summed E-state index contributed by atoms with van der Waals surface area (Å²) in [6.45, 7) is 6.24. The maximum absolute atomic E-state index is 11.6. The molecule has 176 valence electrons. The van der Waals surface area contributed by atoms with Crippen LogP contribution in [0.3, 0.4) is 0 Å². The molecule has 0 radical (unpaired) electrons. The van der Waals surface area contributed by atoms with Crippen LogP contribution in [0.15, 0.2) is 35.5 Å². The van der Waals surface area contributed by atoms with Crippen molar-refractivity contribution in [3.05, 3.63) is 35.5 Å². The number of carbonyl (C=O) groups is 3. The number of carboxylic acid groups (broad SMARTS) is 1. The standard InChI is InChI=1S/C15H20O4.C6H12O6/c1-10(7-13(17)18)5-6-15(19)11(2)8-12(16)9-14(15,3)4;7-1-3(9)5(11)6(12)4(10)2-8/h5-8,19H,9H2,1-4H3,(H,17,18);1,3-6,8-12H,2H2/b6-5+,10-7-;/t15-;3-,4+,5+,6+/m10/s1. The Morgan fingerprint density at radius 1 is 1.19 bits per heavy atom. The third-order valence-corrected chi connectivity index (χ3v) is 4.99. The number of rotatable bonds is 8. The summed E-state index contributed by atoms with van der Waals surface area (Å²) in [6, 6.07) is 0. The molecule has 0 unspecified atom stereocenters. The van der Waals surface area contributed by atoms with Gasteiger partial charge in [0.25, 0.3) is 0 Å². The molecule has 0 amide bonds. The highest BCUT2D eigenvalue weighted by Gasteiger charge is 2.46. The molecule has 1 rings (SSSR count). The molecule has 7 N–H and O–H groups in total. The number of carbonyl (C=O) groups excluding carboxylic acids is 2. The Balaban J connectivity index is 0.000000649. The minimum absolute atomic E-state index is 0.00150. The van der Waals surface area contributed by atoms with Gasteiger partial charge in [-0.2, -0.15) is 0 Å². The summed E-state index contributed by atoms with van der Waals surface area (Å²) in [4.78, 5) is 32.0. The zero-order valence-electron chi connectivity index (χ0n) is 18.0. The quantitative estimate of drug-likeness (QED) is 0.137. The zero-order chi connectivity index (χ0) is 24.6. The molecule has 0 saturated heterocycles. The molecule has 0 saturated carbocycles. The van der Waals surface area contributed by atoms with Crippen molar-refractivity contribution in [2.45, 2.75) is 64.1 Å². The van der Waals surface area contributed by atoms with Crippen LogP contribution >= 0.6 is 0 Å². The van der Waals surface area contributed by atoms with Crippen LogP contribution in [0, 0.1) is 5.41 Å². The maximum atomic E-state index is 11.6. The van der Waals surface area contributed by atoms with Crippen LogP contribution in [0.25, 0.3) is 0 Å². The predicted octanol–water partition coefficient (Wildman–Crippen LogP) is -1.13. The molecule has 1 aliphatic carbocycles. The average Bonchev–Trinajstić information content (AvgIpc) is 2.67. The highest BCUT2D eigenvalue weighted by atomic mass is 16.4. The van der Waals surface area contributed by atoms with Gasteiger partial charge in [0.2, 0.25) is 0 Å². The van der Waals surface area contributed by atoms with Crippen molar-refractivity contribution in [3.8, 4) is 0 Å². The normalized spacial score (nSPS) is 25.0. The Hall–Kier alpha value is -2.21. The molecular formula is C21H32O10. The molecule has 0 aromatic heterocycles. The molecule has 0 fully saturated rings. The van der Waals surface area contributed by atoms with Crippen LogP contribution in [-0.2, 0) is 14.4 Å². The van der Waals surface area contributed by atoms with Gasteiger partial charge in [-0.25, -0.2) is 4.79 Å². The molecule has 5 atom stereocenters. The minimum Gasteiger partial charge on any atom is -0.478 e. The van der Waals surface area contributed by atoms with Gasteiger partial charge in [-0.1, -0.05) is 19.9 Å². The topological polar surface area (TPSA) is 193 Å². The summed E-state index contributed by atoms with van der Waals surface area (Å²) < 4.78 is 0. The lowest BCUT2D eigenvalue weighted by Gasteiger charge is -2.43. The first-order valence-corrected chi connectivity index (χ1v) is 9.45. The van der Waals surface area contributed by atoms with E-state index in [2.05, 4.69) is 0 Å². The molecule has 31 heavy (non-hydrogen) atoms. The lowest BCUT2D eigenvalue weighted by molar-refractivity contribution is -0.136. The smallest absolute Gasteiger partial charge is 0.328 e. The first-order chi connectivity index (χ1) is 14.1. The summed E-state index contributed by atoms with van der Waals surface area (Å²) in [5.41, 5.74) is -0.758. The fraction of sp³-hybridized carbons (Fsp3) is 0.571. The number of hydrogen-bond donors (Lipinski definition) is 7. The van der Waals surface area contributed by atoms with Gasteiger partial charge in [-0.15, -0.1) is 0 Å². The van der Waals surface area contributed by atoms with Gasteiger partial charge in [0.05, 0.1) is 6.61 Å². The van der Waals surface area contributed by atoms with E-state index in [0.29, 0.717) is 11.1 Å². The first-order valence-electron chi connectivity index (χ1n) is 9.45. The van der Waals surface area contributed by atoms with E-state index in [1.807, 2.05) is 13.8 Å². The van der Waals surface area contributed by atoms with Gasteiger partial charge < -0.3 is 40.5 Å². The monoisotopic (exact) mass is 444 g/mol. The van der Waals surface area contributed by atoms with E-state index < -0.39 is 48.0 Å². The van der Waals surface area contributed by atoms with Gasteiger partial charge in [0, 0.05) is 17.9 Å². The molecule has 0 aliphatic heterocycles. The van der Waals surface area contributed by atoms with Gasteiger partial charge in [-0.05, 0) is 37.1 Å². The predicted molar refractivity (Wildman–Crippen MR) is 110 cm³/mol. The van der Waals surface area contributed by atoms with Crippen molar-refractivity contribution in [2.24, 2.45) is 5.41 Å². The number of aliphatic hydroxyl groups excluding tert-OH is 5. The van der Waals surface area contributed by atoms with Crippen molar-refractivity contribution in [3.63, 3.8) is 0 Å². The Kier molecular flexibility index (Phi) is 11.1. The molecule has 0 spiro atoms. The second kappa shape index (κ2) is 12.0. The van der Waals surface area contributed by atoms with E-state index in [9.17, 15) is 19.5 Å². The molecule has 0 aromatic carbocycles. The minimum atomic E-state index is -1.79. The average molecular weight is 444 g/mol. The summed E-state index contributed by atoms with van der Waals surface area (Å²) >= 11 is 0. The van der Waals surface area contributed by atoms with E-state index in [4.69, 9.17) is 30.6 Å². The zero-order valence-corrected chi connectivity index (χ0v) is 18.0. The van der Waals surface area contributed by atoms with Crippen LogP contribution in [0.4, 0.5) is 0 Å². The van der Waals surface area contributed by atoms with Gasteiger partial charge in [-0.3, -0.25) is 4.79 Å². The molecular weight excluding hydrogens is 412 g/mol. The van der Waals surface area contributed by atoms with Crippen LogP contribution < -0.4 is 0 Å². The second-order valence-electron chi connectivity index (χ2n) is 8.04. The first kappa shape index (κ1) is 28.8.